The van der Waals surface area contributed by atoms with Crippen LogP contribution in [-0.4, -0.2) is 46.5 Å². The highest BCUT2D eigenvalue weighted by atomic mass is 16.7. The Kier molecular flexibility index (Phi) is 7.52. The molecule has 4 aromatic rings. The number of aromatic nitrogens is 2. The zero-order valence-corrected chi connectivity index (χ0v) is 21.7. The van der Waals surface area contributed by atoms with Crippen molar-refractivity contribution in [2.24, 2.45) is 0 Å². The van der Waals surface area contributed by atoms with E-state index in [-0.39, 0.29) is 24.9 Å². The van der Waals surface area contributed by atoms with Crippen LogP contribution in [0.3, 0.4) is 0 Å². The number of rotatable bonds is 10. The van der Waals surface area contributed by atoms with Crippen molar-refractivity contribution in [3.63, 3.8) is 0 Å². The molecule has 4 unspecified atom stereocenters. The van der Waals surface area contributed by atoms with Crippen LogP contribution >= 0.6 is 0 Å². The first-order valence-electron chi connectivity index (χ1n) is 13.1. The number of hydrogen-bond acceptors (Lipinski definition) is 7. The lowest BCUT2D eigenvalue weighted by molar-refractivity contribution is -0.197. The fourth-order valence-corrected chi connectivity index (χ4v) is 5.10. The highest BCUT2D eigenvalue weighted by Gasteiger charge is 2.63. The van der Waals surface area contributed by atoms with Crippen LogP contribution in [0.5, 0.6) is 0 Å². The molecule has 2 bridgehead atoms. The topological polar surface area (TPSA) is 101 Å². The maximum atomic E-state index is 13.1. The molecule has 204 valence electrons. The number of anilines is 1. The van der Waals surface area contributed by atoms with Gasteiger partial charge in [-0.3, -0.25) is 9.36 Å². The number of fused-ring (bicyclic) bond motifs is 2. The van der Waals surface area contributed by atoms with Crippen molar-refractivity contribution in [3.8, 4) is 0 Å². The molecule has 0 aliphatic carbocycles. The third kappa shape index (κ3) is 5.45. The van der Waals surface area contributed by atoms with Gasteiger partial charge in [-0.2, -0.15) is 4.98 Å². The molecule has 3 heterocycles. The van der Waals surface area contributed by atoms with Crippen LogP contribution in [0.1, 0.15) is 27.7 Å². The van der Waals surface area contributed by atoms with Crippen LogP contribution in [0.4, 0.5) is 5.82 Å². The Morgan fingerprint density at radius 2 is 1.57 bits per heavy atom. The summed E-state index contributed by atoms with van der Waals surface area (Å²) in [5.74, 6) is -0.203. The summed E-state index contributed by atoms with van der Waals surface area (Å²) in [7, 11) is 0. The minimum absolute atomic E-state index is 0.150. The minimum Gasteiger partial charge on any atom is -0.374 e. The van der Waals surface area contributed by atoms with Gasteiger partial charge in [-0.15, -0.1) is 0 Å². The zero-order chi connectivity index (χ0) is 27.4. The van der Waals surface area contributed by atoms with Gasteiger partial charge >= 0.3 is 5.69 Å². The monoisotopic (exact) mass is 539 g/mol. The first-order valence-corrected chi connectivity index (χ1v) is 13.1. The Labute approximate surface area is 231 Å². The number of benzene rings is 3. The minimum atomic E-state index is -0.904. The zero-order valence-electron chi connectivity index (χ0n) is 21.7. The van der Waals surface area contributed by atoms with Gasteiger partial charge in [0.2, 0.25) is 0 Å². The van der Waals surface area contributed by atoms with Gasteiger partial charge in [-0.05, 0) is 29.3 Å². The molecule has 0 saturated carbocycles. The van der Waals surface area contributed by atoms with E-state index in [0.717, 1.165) is 11.1 Å². The van der Waals surface area contributed by atoms with Gasteiger partial charge < -0.3 is 24.3 Å². The summed E-state index contributed by atoms with van der Waals surface area (Å²) in [4.78, 5) is 29.7. The van der Waals surface area contributed by atoms with Crippen LogP contribution < -0.4 is 11.0 Å². The van der Waals surface area contributed by atoms with E-state index >= 15 is 0 Å². The summed E-state index contributed by atoms with van der Waals surface area (Å²) in [5.41, 5.74) is 1.05. The Bertz CT molecular complexity index is 1500. The van der Waals surface area contributed by atoms with E-state index in [0.29, 0.717) is 18.8 Å². The van der Waals surface area contributed by atoms with Crippen molar-refractivity contribution in [1.29, 1.82) is 0 Å². The molecule has 40 heavy (non-hydrogen) atoms. The van der Waals surface area contributed by atoms with Crippen LogP contribution in [0.2, 0.25) is 0 Å². The van der Waals surface area contributed by atoms with E-state index < -0.39 is 29.7 Å². The number of carbonyl (C=O) groups is 1. The van der Waals surface area contributed by atoms with E-state index in [1.54, 1.807) is 36.5 Å². The number of amides is 1. The molecule has 2 saturated heterocycles. The van der Waals surface area contributed by atoms with Gasteiger partial charge in [0.05, 0.1) is 26.4 Å². The first kappa shape index (κ1) is 26.1. The van der Waals surface area contributed by atoms with Crippen LogP contribution in [0, 0.1) is 0 Å². The first-order chi connectivity index (χ1) is 19.6. The quantitative estimate of drug-likeness (QED) is 0.326. The van der Waals surface area contributed by atoms with E-state index in [1.165, 1.54) is 4.57 Å². The molecular formula is C31H29N3O6. The second-order valence-electron chi connectivity index (χ2n) is 9.87. The number of nitrogens with zero attached hydrogens (tertiary/aromatic N) is 2. The number of carbonyl (C=O) groups excluding carboxylic acids is 1. The van der Waals surface area contributed by atoms with E-state index in [4.69, 9.17) is 18.9 Å². The largest absolute Gasteiger partial charge is 0.374 e. The van der Waals surface area contributed by atoms with Crippen molar-refractivity contribution >= 4 is 11.7 Å². The second kappa shape index (κ2) is 11.5. The molecule has 2 fully saturated rings. The Morgan fingerprint density at radius 1 is 0.925 bits per heavy atom. The molecule has 9 heteroatoms. The van der Waals surface area contributed by atoms with Crippen LogP contribution in [0.25, 0.3) is 0 Å². The van der Waals surface area contributed by atoms with Crippen molar-refractivity contribution in [3.05, 3.63) is 130 Å². The van der Waals surface area contributed by atoms with Crippen LogP contribution in [0.15, 0.2) is 108 Å². The number of nitrogens with one attached hydrogen (secondary N) is 1. The van der Waals surface area contributed by atoms with Crippen molar-refractivity contribution in [2.75, 3.05) is 18.5 Å². The number of hydrogen-bond donors (Lipinski definition) is 1. The van der Waals surface area contributed by atoms with Gasteiger partial charge in [0.25, 0.3) is 5.91 Å². The normalized spacial score (nSPS) is 23.2. The summed E-state index contributed by atoms with van der Waals surface area (Å²) in [5, 5.41) is 2.67. The van der Waals surface area contributed by atoms with Gasteiger partial charge in [0.1, 0.15) is 23.6 Å². The predicted molar refractivity (Wildman–Crippen MR) is 147 cm³/mol. The third-order valence-electron chi connectivity index (χ3n) is 7.09. The Morgan fingerprint density at radius 3 is 2.25 bits per heavy atom. The molecule has 1 aromatic heterocycles. The molecule has 0 radical (unpaired) electrons. The lowest BCUT2D eigenvalue weighted by Crippen LogP contribution is -2.46. The fraction of sp³-hybridized carbons (Fsp3) is 0.258. The average molecular weight is 540 g/mol. The molecule has 2 aliphatic heterocycles. The molecule has 1 N–H and O–H groups in total. The summed E-state index contributed by atoms with van der Waals surface area (Å²) >= 11 is 0. The molecule has 0 spiro atoms. The summed E-state index contributed by atoms with van der Waals surface area (Å²) < 4.78 is 26.5. The lowest BCUT2D eigenvalue weighted by Gasteiger charge is -2.31. The van der Waals surface area contributed by atoms with Gasteiger partial charge in [-0.1, -0.05) is 78.9 Å². The smallest absolute Gasteiger partial charge is 0.351 e. The van der Waals surface area contributed by atoms with Gasteiger partial charge in [0.15, 0.2) is 6.23 Å². The second-order valence-corrected chi connectivity index (χ2v) is 9.87. The summed E-state index contributed by atoms with van der Waals surface area (Å²) in [6.45, 7) is 1.26. The van der Waals surface area contributed by atoms with Crippen LogP contribution in [-0.2, 0) is 32.2 Å². The Hall–Kier alpha value is -4.15. The van der Waals surface area contributed by atoms with E-state index in [9.17, 15) is 9.59 Å². The summed E-state index contributed by atoms with van der Waals surface area (Å²) in [6, 6.07) is 30.0. The maximum Gasteiger partial charge on any atom is 0.351 e. The van der Waals surface area contributed by atoms with Crippen molar-refractivity contribution < 1.29 is 23.7 Å². The molecule has 9 nitrogen and oxygen atoms in total. The molecular weight excluding hydrogens is 510 g/mol. The highest BCUT2D eigenvalue weighted by Crippen LogP contribution is 2.46. The molecule has 6 rings (SSSR count). The van der Waals surface area contributed by atoms with Crippen molar-refractivity contribution in [1.82, 2.24) is 9.55 Å². The van der Waals surface area contributed by atoms with E-state index in [1.807, 2.05) is 66.7 Å². The van der Waals surface area contributed by atoms with Gasteiger partial charge in [-0.25, -0.2) is 4.79 Å². The molecule has 3 aromatic carbocycles. The molecule has 4 atom stereocenters. The third-order valence-corrected chi connectivity index (χ3v) is 7.09. The SMILES string of the molecule is O=C(Nc1ccn(C2OC3(COCc4ccccc4)COC2C3OCc2ccccc2)c(=O)n1)c1ccccc1. The lowest BCUT2D eigenvalue weighted by atomic mass is 10.00. The molecule has 1 amide bonds. The average Bonchev–Trinajstić information content (AvgIpc) is 3.49. The predicted octanol–water partition coefficient (Wildman–Crippen LogP) is 3.96. The standard InChI is InChI=1S/C31H29N3O6/c35-28(24-14-8-3-9-15-24)32-25-16-17-34(30(36)33-25)29-26-27(38-19-23-12-6-2-7-13-23)31(40-29,21-39-26)20-37-18-22-10-4-1-5-11-22/h1-17,26-27,29H,18-21H2,(H,32,33,35,36). The van der Waals surface area contributed by atoms with E-state index in [2.05, 4.69) is 10.3 Å². The molecule has 2 aliphatic rings. The fourth-order valence-electron chi connectivity index (χ4n) is 5.10. The maximum absolute atomic E-state index is 13.1. The van der Waals surface area contributed by atoms with Gasteiger partial charge in [0, 0.05) is 11.8 Å². The Balaban J connectivity index is 1.20. The van der Waals surface area contributed by atoms with Crippen molar-refractivity contribution in [2.45, 2.75) is 37.3 Å². The summed E-state index contributed by atoms with van der Waals surface area (Å²) in [6.07, 6.45) is -0.239. The number of ether oxygens (including phenoxy) is 4. The highest BCUT2D eigenvalue weighted by molar-refractivity contribution is 6.03.